The van der Waals surface area contributed by atoms with Gasteiger partial charge in [-0.25, -0.2) is 4.63 Å². The number of rotatable bonds is 0. The molecule has 4 nitrogen and oxygen atoms in total. The lowest BCUT2D eigenvalue weighted by atomic mass is 9.45. The Labute approximate surface area is 138 Å². The maximum absolute atomic E-state index is 10.5. The van der Waals surface area contributed by atoms with Gasteiger partial charge in [0.05, 0.1) is 6.10 Å². The lowest BCUT2D eigenvalue weighted by Gasteiger charge is -2.59. The Morgan fingerprint density at radius 1 is 0.957 bits per heavy atom. The van der Waals surface area contributed by atoms with Crippen LogP contribution < -0.4 is 0 Å². The molecule has 1 heterocycles. The normalized spacial score (nSPS) is 51.5. The molecule has 23 heavy (non-hydrogen) atoms. The molecule has 0 radical (unpaired) electrons. The van der Waals surface area contributed by atoms with Crippen LogP contribution in [0.3, 0.4) is 0 Å². The molecule has 4 aliphatic rings. The molecule has 0 saturated heterocycles. The summed E-state index contributed by atoms with van der Waals surface area (Å²) in [6.45, 7) is 4.88. The first-order valence-corrected chi connectivity index (χ1v) is 9.53. The molecular weight excluding hydrogens is 288 g/mol. The van der Waals surface area contributed by atoms with E-state index in [0.717, 1.165) is 42.0 Å². The van der Waals surface area contributed by atoms with E-state index in [2.05, 4.69) is 24.2 Å². The van der Waals surface area contributed by atoms with Gasteiger partial charge >= 0.3 is 0 Å². The van der Waals surface area contributed by atoms with Gasteiger partial charge in [0.25, 0.3) is 0 Å². The van der Waals surface area contributed by atoms with Crippen LogP contribution >= 0.6 is 0 Å². The summed E-state index contributed by atoms with van der Waals surface area (Å²) in [4.78, 5) is 0. The van der Waals surface area contributed by atoms with E-state index in [4.69, 9.17) is 4.63 Å². The summed E-state index contributed by atoms with van der Waals surface area (Å²) in [5.41, 5.74) is 2.81. The third-order valence-electron chi connectivity index (χ3n) is 8.64. The van der Waals surface area contributed by atoms with Gasteiger partial charge in [-0.1, -0.05) is 24.2 Å². The standard InChI is InChI=1S/C19H28N2O2/c1-18-10-8-15-17(21-23-20-15)14(18)4-3-11-12-5-6-16(22)19(12,2)9-7-13(11)18/h11-14,16,22H,3-10H2,1-2H3/t11-,12?,13?,14+,16-,18+,19-/m0/s1. The molecular formula is C19H28N2O2. The van der Waals surface area contributed by atoms with Gasteiger partial charge < -0.3 is 5.11 Å². The second-order valence-electron chi connectivity index (χ2n) is 9.25. The van der Waals surface area contributed by atoms with E-state index in [1.54, 1.807) is 0 Å². The molecule has 1 aromatic rings. The minimum absolute atomic E-state index is 0.0725. The van der Waals surface area contributed by atoms with Gasteiger partial charge in [0.2, 0.25) is 0 Å². The van der Waals surface area contributed by atoms with Crippen molar-refractivity contribution in [3.05, 3.63) is 11.4 Å². The molecule has 3 saturated carbocycles. The zero-order chi connectivity index (χ0) is 15.8. The Bertz CT molecular complexity index is 629. The highest BCUT2D eigenvalue weighted by molar-refractivity contribution is 5.25. The van der Waals surface area contributed by atoms with Crippen LogP contribution in [0.5, 0.6) is 0 Å². The Kier molecular flexibility index (Phi) is 2.88. The molecule has 0 aliphatic heterocycles. The summed E-state index contributed by atoms with van der Waals surface area (Å²) < 4.78 is 5.06. The van der Waals surface area contributed by atoms with Crippen LogP contribution in [0.4, 0.5) is 0 Å². The van der Waals surface area contributed by atoms with Crippen LogP contribution in [0.25, 0.3) is 0 Å². The van der Waals surface area contributed by atoms with E-state index >= 15 is 0 Å². The number of aliphatic hydroxyl groups excluding tert-OH is 1. The molecule has 0 spiro atoms. The highest BCUT2D eigenvalue weighted by Gasteiger charge is 2.60. The van der Waals surface area contributed by atoms with Crippen molar-refractivity contribution < 1.29 is 9.74 Å². The van der Waals surface area contributed by atoms with Crippen molar-refractivity contribution in [2.45, 2.75) is 77.2 Å². The lowest BCUT2D eigenvalue weighted by molar-refractivity contribution is -0.0996. The van der Waals surface area contributed by atoms with Gasteiger partial charge in [0.1, 0.15) is 11.4 Å². The topological polar surface area (TPSA) is 59.2 Å². The first-order chi connectivity index (χ1) is 11.0. The molecule has 7 atom stereocenters. The number of fused-ring (bicyclic) bond motifs is 7. The third-order valence-corrected chi connectivity index (χ3v) is 8.64. The Morgan fingerprint density at radius 2 is 1.78 bits per heavy atom. The fourth-order valence-corrected chi connectivity index (χ4v) is 7.28. The van der Waals surface area contributed by atoms with Crippen LogP contribution in [-0.2, 0) is 6.42 Å². The highest BCUT2D eigenvalue weighted by atomic mass is 16.6. The number of aromatic nitrogens is 2. The zero-order valence-corrected chi connectivity index (χ0v) is 14.3. The Hall–Kier alpha value is -0.900. The summed E-state index contributed by atoms with van der Waals surface area (Å²) in [6, 6.07) is 0. The SMILES string of the molecule is C[C@]12CCC3[C@@H](CC[C@@H]4c5nonc5CC[C@]34C)C1CC[C@@H]2O. The molecule has 2 unspecified atom stereocenters. The monoisotopic (exact) mass is 316 g/mol. The lowest BCUT2D eigenvalue weighted by Crippen LogP contribution is -2.53. The third kappa shape index (κ3) is 1.71. The van der Waals surface area contributed by atoms with Crippen molar-refractivity contribution in [2.24, 2.45) is 28.6 Å². The van der Waals surface area contributed by atoms with Gasteiger partial charge in [-0.05, 0) is 80.0 Å². The van der Waals surface area contributed by atoms with Crippen molar-refractivity contribution in [3.8, 4) is 0 Å². The number of hydrogen-bond donors (Lipinski definition) is 1. The summed E-state index contributed by atoms with van der Waals surface area (Å²) in [5.74, 6) is 2.85. The molecule has 1 aromatic heterocycles. The van der Waals surface area contributed by atoms with E-state index in [0.29, 0.717) is 11.3 Å². The van der Waals surface area contributed by atoms with Gasteiger partial charge in [0, 0.05) is 5.92 Å². The van der Waals surface area contributed by atoms with E-state index < -0.39 is 0 Å². The molecule has 4 aliphatic carbocycles. The predicted octanol–water partition coefficient (Wildman–Crippen LogP) is 3.70. The molecule has 5 rings (SSSR count). The van der Waals surface area contributed by atoms with E-state index in [-0.39, 0.29) is 11.5 Å². The molecule has 1 N–H and O–H groups in total. The van der Waals surface area contributed by atoms with Gasteiger partial charge in [0.15, 0.2) is 0 Å². The average molecular weight is 316 g/mol. The van der Waals surface area contributed by atoms with Crippen molar-refractivity contribution in [1.29, 1.82) is 0 Å². The average Bonchev–Trinajstić information content (AvgIpc) is 3.12. The van der Waals surface area contributed by atoms with E-state index in [9.17, 15) is 5.11 Å². The van der Waals surface area contributed by atoms with Crippen LogP contribution in [0, 0.1) is 28.6 Å². The molecule has 0 bridgehead atoms. The van der Waals surface area contributed by atoms with Crippen LogP contribution in [-0.4, -0.2) is 21.5 Å². The zero-order valence-electron chi connectivity index (χ0n) is 14.3. The number of aliphatic hydroxyl groups is 1. The maximum atomic E-state index is 10.5. The van der Waals surface area contributed by atoms with E-state index in [1.807, 2.05) is 0 Å². The van der Waals surface area contributed by atoms with Crippen LogP contribution in [0.1, 0.15) is 76.1 Å². The second kappa shape index (κ2) is 4.59. The van der Waals surface area contributed by atoms with Crippen LogP contribution in [0.2, 0.25) is 0 Å². The molecule has 126 valence electrons. The van der Waals surface area contributed by atoms with Gasteiger partial charge in [-0.15, -0.1) is 0 Å². The Morgan fingerprint density at radius 3 is 2.65 bits per heavy atom. The maximum Gasteiger partial charge on any atom is 0.111 e. The number of nitrogens with zero attached hydrogens (tertiary/aromatic N) is 2. The molecule has 4 heteroatoms. The summed E-state index contributed by atoms with van der Waals surface area (Å²) in [6.07, 6.45) is 9.43. The van der Waals surface area contributed by atoms with Crippen molar-refractivity contribution >= 4 is 0 Å². The van der Waals surface area contributed by atoms with E-state index in [1.165, 1.54) is 38.5 Å². The molecule has 3 fully saturated rings. The predicted molar refractivity (Wildman–Crippen MR) is 85.8 cm³/mol. The van der Waals surface area contributed by atoms with Gasteiger partial charge in [-0.3, -0.25) is 0 Å². The van der Waals surface area contributed by atoms with Crippen molar-refractivity contribution in [2.75, 3.05) is 0 Å². The minimum atomic E-state index is -0.0725. The van der Waals surface area contributed by atoms with Gasteiger partial charge in [-0.2, -0.15) is 0 Å². The first kappa shape index (κ1) is 14.4. The number of aryl methyl sites for hydroxylation is 1. The second-order valence-corrected chi connectivity index (χ2v) is 9.25. The largest absolute Gasteiger partial charge is 0.393 e. The summed E-state index contributed by atoms with van der Waals surface area (Å²) in [5, 5.41) is 19.0. The quantitative estimate of drug-likeness (QED) is 0.793. The van der Waals surface area contributed by atoms with Crippen LogP contribution in [0.15, 0.2) is 4.63 Å². The number of hydrogen-bond acceptors (Lipinski definition) is 4. The minimum Gasteiger partial charge on any atom is -0.393 e. The summed E-state index contributed by atoms with van der Waals surface area (Å²) >= 11 is 0. The fourth-order valence-electron chi connectivity index (χ4n) is 7.28. The first-order valence-electron chi connectivity index (χ1n) is 9.53. The van der Waals surface area contributed by atoms with Crippen molar-refractivity contribution in [3.63, 3.8) is 0 Å². The Balaban J connectivity index is 1.51. The highest BCUT2D eigenvalue weighted by Crippen LogP contribution is 2.67. The molecule has 0 aromatic carbocycles. The van der Waals surface area contributed by atoms with Crippen molar-refractivity contribution in [1.82, 2.24) is 10.3 Å². The molecule has 0 amide bonds. The fraction of sp³-hybridized carbons (Fsp3) is 0.895. The summed E-state index contributed by atoms with van der Waals surface area (Å²) in [7, 11) is 0. The smallest absolute Gasteiger partial charge is 0.111 e.